The summed E-state index contributed by atoms with van der Waals surface area (Å²) in [6, 6.07) is 6.08. The number of hydrogen-bond donors (Lipinski definition) is 1. The lowest BCUT2D eigenvalue weighted by Crippen LogP contribution is -2.55. The van der Waals surface area contributed by atoms with Crippen LogP contribution in [0.5, 0.6) is 0 Å². The van der Waals surface area contributed by atoms with Crippen LogP contribution >= 0.6 is 15.9 Å². The molecule has 1 aliphatic rings. The van der Waals surface area contributed by atoms with Crippen molar-refractivity contribution in [2.24, 2.45) is 0 Å². The molecule has 0 bridgehead atoms. The van der Waals surface area contributed by atoms with E-state index < -0.39 is 24.3 Å². The molecule has 2 rings (SSSR count). The number of carbonyl (C=O) groups is 1. The molecule has 1 aromatic carbocycles. The molecule has 0 radical (unpaired) electrons. The van der Waals surface area contributed by atoms with Gasteiger partial charge in [-0.2, -0.15) is 0 Å². The summed E-state index contributed by atoms with van der Waals surface area (Å²) in [6.07, 6.45) is -0.391. The average Bonchev–Trinajstić information content (AvgIpc) is 2.46. The van der Waals surface area contributed by atoms with Crippen LogP contribution in [0.1, 0.15) is 18.6 Å². The zero-order chi connectivity index (χ0) is 14.7. The zero-order valence-electron chi connectivity index (χ0n) is 10.9. The molecule has 1 aromatic rings. The highest BCUT2D eigenvalue weighted by atomic mass is 79.9. The highest BCUT2D eigenvalue weighted by molar-refractivity contribution is 9.10. The molecule has 0 amide bonds. The molecule has 1 heterocycles. The van der Waals surface area contributed by atoms with E-state index in [0.29, 0.717) is 12.8 Å². The first-order chi connectivity index (χ1) is 9.52. The van der Waals surface area contributed by atoms with Crippen LogP contribution in [-0.4, -0.2) is 35.9 Å². The van der Waals surface area contributed by atoms with Crippen LogP contribution in [0.15, 0.2) is 28.7 Å². The lowest BCUT2D eigenvalue weighted by molar-refractivity contribution is -0.525. The second kappa shape index (κ2) is 6.43. The fourth-order valence-corrected chi connectivity index (χ4v) is 2.52. The Kier molecular flexibility index (Phi) is 4.85. The van der Waals surface area contributed by atoms with Gasteiger partial charge in [0.05, 0.1) is 0 Å². The average molecular weight is 343 g/mol. The normalized spacial score (nSPS) is 27.8. The predicted octanol–water partition coefficient (Wildman–Crippen LogP) is 1.71. The van der Waals surface area contributed by atoms with Crippen molar-refractivity contribution < 1.29 is 14.5 Å². The van der Waals surface area contributed by atoms with Gasteiger partial charge < -0.3 is 14.8 Å². The molecular formula is C13H15BrN2O4. The highest BCUT2D eigenvalue weighted by Gasteiger charge is 2.40. The number of halogens is 1. The fourth-order valence-electron chi connectivity index (χ4n) is 2.25. The summed E-state index contributed by atoms with van der Waals surface area (Å²) in [5.41, 5.74) is 0.811. The van der Waals surface area contributed by atoms with Gasteiger partial charge in [-0.3, -0.25) is 10.1 Å². The molecule has 108 valence electrons. The maximum Gasteiger partial charge on any atom is 0.228 e. The van der Waals surface area contributed by atoms with E-state index in [1.54, 1.807) is 0 Å². The smallest absolute Gasteiger partial charge is 0.228 e. The van der Waals surface area contributed by atoms with Crippen molar-refractivity contribution in [2.45, 2.75) is 31.2 Å². The first-order valence-electron chi connectivity index (χ1n) is 6.26. The van der Waals surface area contributed by atoms with E-state index in [2.05, 4.69) is 21.2 Å². The Bertz CT molecular complexity index is 494. The number of nitro groups is 1. The maximum atomic E-state index is 11.0. The van der Waals surface area contributed by atoms with Crippen molar-refractivity contribution in [3.63, 3.8) is 0 Å². The van der Waals surface area contributed by atoms with Crippen LogP contribution in [-0.2, 0) is 9.53 Å². The van der Waals surface area contributed by atoms with Crippen molar-refractivity contribution >= 4 is 22.2 Å². The summed E-state index contributed by atoms with van der Waals surface area (Å²) in [6.45, 7) is 1.83. The summed E-state index contributed by atoms with van der Waals surface area (Å²) < 4.78 is 6.61. The van der Waals surface area contributed by atoms with Gasteiger partial charge >= 0.3 is 0 Å². The van der Waals surface area contributed by atoms with E-state index in [4.69, 9.17) is 4.74 Å². The fraction of sp³-hybridized carbons (Fsp3) is 0.462. The lowest BCUT2D eigenvalue weighted by atomic mass is 9.95. The molecule has 1 saturated heterocycles. The molecule has 1 fully saturated rings. The first kappa shape index (κ1) is 15.1. The lowest BCUT2D eigenvalue weighted by Gasteiger charge is -2.36. The Hall–Kier alpha value is -1.31. The van der Waals surface area contributed by atoms with Gasteiger partial charge in [-0.1, -0.05) is 28.1 Å². The van der Waals surface area contributed by atoms with Crippen molar-refractivity contribution in [1.82, 2.24) is 5.32 Å². The second-order valence-corrected chi connectivity index (χ2v) is 5.66. The summed E-state index contributed by atoms with van der Waals surface area (Å²) >= 11 is 3.34. The van der Waals surface area contributed by atoms with E-state index in [9.17, 15) is 14.9 Å². The number of aldehydes is 1. The number of carbonyl (C=O) groups excluding carboxylic acids is 1. The molecular weight excluding hydrogens is 328 g/mol. The van der Waals surface area contributed by atoms with Crippen LogP contribution in [0.2, 0.25) is 0 Å². The Balaban J connectivity index is 2.28. The first-order valence-corrected chi connectivity index (χ1v) is 7.05. The van der Waals surface area contributed by atoms with Crippen molar-refractivity contribution in [3.8, 4) is 0 Å². The molecule has 0 aromatic heterocycles. The molecule has 4 atom stereocenters. The third kappa shape index (κ3) is 3.23. The number of morpholine rings is 1. The van der Waals surface area contributed by atoms with Crippen LogP contribution in [0.4, 0.5) is 0 Å². The molecule has 1 unspecified atom stereocenters. The summed E-state index contributed by atoms with van der Waals surface area (Å²) in [5, 5.41) is 14.1. The molecule has 0 aliphatic carbocycles. The van der Waals surface area contributed by atoms with Gasteiger partial charge in [0, 0.05) is 22.9 Å². The van der Waals surface area contributed by atoms with Gasteiger partial charge in [0.2, 0.25) is 6.04 Å². The van der Waals surface area contributed by atoms with Crippen molar-refractivity contribution in [1.29, 1.82) is 0 Å². The standard InChI is InChI=1S/C13H15BrN2O4/c1-8(16(18)19)12-13(20-11(7-17)6-15-12)9-2-4-10(14)5-3-9/h2-5,7-8,11-13,15H,6H2,1H3/t8-,11+,12+,13?/m0/s1. The molecule has 0 saturated carbocycles. The van der Waals surface area contributed by atoms with Gasteiger partial charge in [-0.15, -0.1) is 0 Å². The Labute approximate surface area is 124 Å². The summed E-state index contributed by atoms with van der Waals surface area (Å²) in [7, 11) is 0. The zero-order valence-corrected chi connectivity index (χ0v) is 12.4. The topological polar surface area (TPSA) is 81.5 Å². The number of hydrogen-bond acceptors (Lipinski definition) is 5. The molecule has 7 heteroatoms. The van der Waals surface area contributed by atoms with E-state index in [0.717, 1.165) is 10.0 Å². The van der Waals surface area contributed by atoms with Gasteiger partial charge in [0.25, 0.3) is 0 Å². The van der Waals surface area contributed by atoms with E-state index in [1.165, 1.54) is 6.92 Å². The summed E-state index contributed by atoms with van der Waals surface area (Å²) in [5.74, 6) is 0. The monoisotopic (exact) mass is 342 g/mol. The third-order valence-electron chi connectivity index (χ3n) is 3.40. The molecule has 6 nitrogen and oxygen atoms in total. The molecule has 20 heavy (non-hydrogen) atoms. The predicted molar refractivity (Wildman–Crippen MR) is 76.1 cm³/mol. The van der Waals surface area contributed by atoms with Gasteiger partial charge in [-0.05, 0) is 17.7 Å². The van der Waals surface area contributed by atoms with Gasteiger partial charge in [0.1, 0.15) is 24.5 Å². The van der Waals surface area contributed by atoms with Crippen LogP contribution in [0, 0.1) is 10.1 Å². The number of ether oxygens (including phenoxy) is 1. The van der Waals surface area contributed by atoms with E-state index >= 15 is 0 Å². The summed E-state index contributed by atoms with van der Waals surface area (Å²) in [4.78, 5) is 21.6. The molecule has 1 aliphatic heterocycles. The number of nitrogens with one attached hydrogen (secondary N) is 1. The van der Waals surface area contributed by atoms with E-state index in [-0.39, 0.29) is 4.92 Å². The molecule has 1 N–H and O–H groups in total. The number of rotatable bonds is 4. The second-order valence-electron chi connectivity index (χ2n) is 4.74. The maximum absolute atomic E-state index is 11.0. The van der Waals surface area contributed by atoms with E-state index in [1.807, 2.05) is 24.3 Å². The van der Waals surface area contributed by atoms with Crippen LogP contribution in [0.25, 0.3) is 0 Å². The minimum absolute atomic E-state index is 0.291. The van der Waals surface area contributed by atoms with Crippen molar-refractivity contribution in [2.75, 3.05) is 6.54 Å². The van der Waals surface area contributed by atoms with Gasteiger partial charge in [-0.25, -0.2) is 0 Å². The highest BCUT2D eigenvalue weighted by Crippen LogP contribution is 2.29. The van der Waals surface area contributed by atoms with Crippen molar-refractivity contribution in [3.05, 3.63) is 44.4 Å². The largest absolute Gasteiger partial charge is 0.360 e. The minimum atomic E-state index is -0.809. The Morgan fingerprint density at radius 2 is 2.15 bits per heavy atom. The Morgan fingerprint density at radius 3 is 2.70 bits per heavy atom. The third-order valence-corrected chi connectivity index (χ3v) is 3.93. The Morgan fingerprint density at radius 1 is 1.50 bits per heavy atom. The van der Waals surface area contributed by atoms with Gasteiger partial charge in [0.15, 0.2) is 0 Å². The van der Waals surface area contributed by atoms with Crippen LogP contribution < -0.4 is 5.32 Å². The SMILES string of the molecule is C[C@@H]([C@H]1NC[C@H](C=O)OC1c1ccc(Br)cc1)[N+](=O)[O-]. The quantitative estimate of drug-likeness (QED) is 0.511. The minimum Gasteiger partial charge on any atom is -0.360 e. The molecule has 0 spiro atoms. The van der Waals surface area contributed by atoms with Crippen LogP contribution in [0.3, 0.4) is 0 Å². The number of benzene rings is 1. The number of nitrogens with zero attached hydrogens (tertiary/aromatic N) is 1.